The van der Waals surface area contributed by atoms with Crippen LogP contribution in [0, 0.1) is 13.8 Å². The highest BCUT2D eigenvalue weighted by atomic mass is 32.1. The van der Waals surface area contributed by atoms with Crippen molar-refractivity contribution in [3.63, 3.8) is 0 Å². The highest BCUT2D eigenvalue weighted by molar-refractivity contribution is 7.15. The predicted molar refractivity (Wildman–Crippen MR) is 113 cm³/mol. The van der Waals surface area contributed by atoms with Gasteiger partial charge in [0.15, 0.2) is 4.96 Å². The van der Waals surface area contributed by atoms with Gasteiger partial charge in [-0.1, -0.05) is 30.3 Å². The summed E-state index contributed by atoms with van der Waals surface area (Å²) in [6, 6.07) is 16.3. The third-order valence-electron chi connectivity index (χ3n) is 4.49. The smallest absolute Gasteiger partial charge is 0.308 e. The first kappa shape index (κ1) is 17.9. The lowest BCUT2D eigenvalue weighted by molar-refractivity contribution is 0.262. The number of thiazole rings is 1. The van der Waals surface area contributed by atoms with Crippen LogP contribution in [-0.4, -0.2) is 15.4 Å². The summed E-state index contributed by atoms with van der Waals surface area (Å²) in [5.74, 6) is 0. The normalized spacial score (nSPS) is 10.8. The van der Waals surface area contributed by atoms with E-state index in [1.807, 2.05) is 60.8 Å². The minimum absolute atomic E-state index is 0.0704. The number of carbonyl (C=O) groups excluding carboxylic acids is 1. The van der Waals surface area contributed by atoms with Crippen LogP contribution in [0.15, 0.2) is 64.8 Å². The van der Waals surface area contributed by atoms with Gasteiger partial charge in [-0.05, 0) is 38.1 Å². The molecule has 0 spiro atoms. The van der Waals surface area contributed by atoms with Gasteiger partial charge in [0.05, 0.1) is 5.69 Å². The Hall–Kier alpha value is -3.45. The molecule has 7 heteroatoms. The minimum Gasteiger partial charge on any atom is -0.308 e. The number of anilines is 2. The number of nitrogens with one attached hydrogen (secondary N) is 2. The molecule has 2 aromatic heterocycles. The average Bonchev–Trinajstić information content (AvgIpc) is 3.11. The van der Waals surface area contributed by atoms with E-state index < -0.39 is 0 Å². The van der Waals surface area contributed by atoms with Crippen molar-refractivity contribution >= 4 is 33.7 Å². The van der Waals surface area contributed by atoms with Crippen LogP contribution in [0.3, 0.4) is 0 Å². The van der Waals surface area contributed by atoms with Gasteiger partial charge >= 0.3 is 6.03 Å². The maximum atomic E-state index is 12.7. The second-order valence-corrected chi connectivity index (χ2v) is 7.23. The molecule has 0 unspecified atom stereocenters. The SMILES string of the molecule is Cc1nc2scc(-c3cccc(NC(=O)Nc4ccccc4)c3)n2c(=O)c1C. The summed E-state index contributed by atoms with van der Waals surface area (Å²) in [6.45, 7) is 3.62. The number of benzene rings is 2. The van der Waals surface area contributed by atoms with Crippen LogP contribution in [0.2, 0.25) is 0 Å². The van der Waals surface area contributed by atoms with Crippen molar-refractivity contribution in [3.8, 4) is 11.3 Å². The number of nitrogens with zero attached hydrogens (tertiary/aromatic N) is 2. The second kappa shape index (κ2) is 7.28. The quantitative estimate of drug-likeness (QED) is 0.533. The van der Waals surface area contributed by atoms with Gasteiger partial charge in [-0.25, -0.2) is 9.78 Å². The van der Waals surface area contributed by atoms with E-state index in [-0.39, 0.29) is 11.6 Å². The number of hydrogen-bond donors (Lipinski definition) is 2. The van der Waals surface area contributed by atoms with Gasteiger partial charge < -0.3 is 10.6 Å². The lowest BCUT2D eigenvalue weighted by Crippen LogP contribution is -2.19. The van der Waals surface area contributed by atoms with Crippen molar-refractivity contribution in [2.75, 3.05) is 10.6 Å². The zero-order valence-electron chi connectivity index (χ0n) is 15.4. The monoisotopic (exact) mass is 390 g/mol. The Kier molecular flexibility index (Phi) is 4.67. The number of para-hydroxylation sites is 1. The standard InChI is InChI=1S/C21H18N4O2S/c1-13-14(2)22-21-25(19(13)26)18(12-28-21)15-7-6-10-17(11-15)24-20(27)23-16-8-4-3-5-9-16/h3-12H,1-2H3,(H2,23,24,27). The fraction of sp³-hybridized carbons (Fsp3) is 0.0952. The first-order valence-corrected chi connectivity index (χ1v) is 9.62. The third kappa shape index (κ3) is 3.39. The summed E-state index contributed by atoms with van der Waals surface area (Å²) in [5, 5.41) is 7.52. The fourth-order valence-electron chi connectivity index (χ4n) is 2.91. The molecule has 0 aliphatic rings. The Morgan fingerprint density at radius 3 is 2.50 bits per heavy atom. The van der Waals surface area contributed by atoms with Crippen molar-refractivity contribution in [1.29, 1.82) is 0 Å². The predicted octanol–water partition coefficient (Wildman–Crippen LogP) is 4.68. The lowest BCUT2D eigenvalue weighted by Gasteiger charge is -2.09. The summed E-state index contributed by atoms with van der Waals surface area (Å²) in [7, 11) is 0. The van der Waals surface area contributed by atoms with Gasteiger partial charge in [-0.2, -0.15) is 0 Å². The lowest BCUT2D eigenvalue weighted by atomic mass is 10.1. The van der Waals surface area contributed by atoms with E-state index in [1.54, 1.807) is 17.4 Å². The molecule has 0 saturated heterocycles. The molecule has 0 saturated carbocycles. The zero-order valence-corrected chi connectivity index (χ0v) is 16.2. The number of rotatable bonds is 3. The fourth-order valence-corrected chi connectivity index (χ4v) is 3.84. The van der Waals surface area contributed by atoms with Crippen LogP contribution in [-0.2, 0) is 0 Å². The Morgan fingerprint density at radius 1 is 1.00 bits per heavy atom. The van der Waals surface area contributed by atoms with Gasteiger partial charge in [0.25, 0.3) is 5.56 Å². The molecule has 0 aliphatic carbocycles. The molecule has 0 bridgehead atoms. The van der Waals surface area contributed by atoms with Crippen LogP contribution in [0.4, 0.5) is 16.2 Å². The maximum Gasteiger partial charge on any atom is 0.323 e. The molecule has 2 N–H and O–H groups in total. The topological polar surface area (TPSA) is 75.5 Å². The minimum atomic E-state index is -0.330. The van der Waals surface area contributed by atoms with Crippen LogP contribution in [0.5, 0.6) is 0 Å². The molecule has 0 atom stereocenters. The van der Waals surface area contributed by atoms with Gasteiger partial charge in [-0.15, -0.1) is 11.3 Å². The Labute approximate surface area is 165 Å². The molecule has 0 radical (unpaired) electrons. The highest BCUT2D eigenvalue weighted by Gasteiger charge is 2.13. The van der Waals surface area contributed by atoms with E-state index in [4.69, 9.17) is 0 Å². The van der Waals surface area contributed by atoms with Crippen molar-refractivity contribution in [2.24, 2.45) is 0 Å². The molecule has 4 rings (SSSR count). The zero-order chi connectivity index (χ0) is 19.7. The third-order valence-corrected chi connectivity index (χ3v) is 5.31. The molecule has 140 valence electrons. The molecule has 0 fully saturated rings. The van der Waals surface area contributed by atoms with Gasteiger partial charge in [-0.3, -0.25) is 9.20 Å². The molecule has 4 aromatic rings. The summed E-state index contributed by atoms with van der Waals surface area (Å²) < 4.78 is 1.62. The van der Waals surface area contributed by atoms with E-state index in [2.05, 4.69) is 15.6 Å². The van der Waals surface area contributed by atoms with Crippen LogP contribution >= 0.6 is 11.3 Å². The number of urea groups is 1. The number of fused-ring (bicyclic) bond motifs is 1. The summed E-state index contributed by atoms with van der Waals surface area (Å²) in [6.07, 6.45) is 0. The molecule has 6 nitrogen and oxygen atoms in total. The molecule has 28 heavy (non-hydrogen) atoms. The Bertz CT molecular complexity index is 1230. The van der Waals surface area contributed by atoms with Crippen LogP contribution < -0.4 is 16.2 Å². The van der Waals surface area contributed by atoms with E-state index >= 15 is 0 Å². The summed E-state index contributed by atoms with van der Waals surface area (Å²) in [4.78, 5) is 30.1. The molecule has 0 aliphatic heterocycles. The molecule has 2 heterocycles. The molecular weight excluding hydrogens is 372 g/mol. The highest BCUT2D eigenvalue weighted by Crippen LogP contribution is 2.26. The van der Waals surface area contributed by atoms with Crippen molar-refractivity contribution in [2.45, 2.75) is 13.8 Å². The number of amides is 2. The number of aromatic nitrogens is 2. The van der Waals surface area contributed by atoms with Gasteiger partial charge in [0.2, 0.25) is 0 Å². The number of hydrogen-bond acceptors (Lipinski definition) is 4. The van der Waals surface area contributed by atoms with Crippen LogP contribution in [0.1, 0.15) is 11.3 Å². The van der Waals surface area contributed by atoms with Crippen molar-refractivity contribution in [3.05, 3.63) is 81.6 Å². The Balaban J connectivity index is 1.64. The molecule has 2 aromatic carbocycles. The Morgan fingerprint density at radius 2 is 1.71 bits per heavy atom. The van der Waals surface area contributed by atoms with Crippen LogP contribution in [0.25, 0.3) is 16.2 Å². The first-order valence-electron chi connectivity index (χ1n) is 8.74. The molecular formula is C21H18N4O2S. The van der Waals surface area contributed by atoms with Crippen molar-refractivity contribution in [1.82, 2.24) is 9.38 Å². The average molecular weight is 390 g/mol. The van der Waals surface area contributed by atoms with E-state index in [0.717, 1.165) is 17.0 Å². The maximum absolute atomic E-state index is 12.7. The first-order chi connectivity index (χ1) is 13.5. The summed E-state index contributed by atoms with van der Waals surface area (Å²) in [5.41, 5.74) is 4.24. The number of aryl methyl sites for hydroxylation is 1. The largest absolute Gasteiger partial charge is 0.323 e. The van der Waals surface area contributed by atoms with Gasteiger partial charge in [0.1, 0.15) is 0 Å². The number of carbonyl (C=O) groups is 1. The van der Waals surface area contributed by atoms with E-state index in [9.17, 15) is 9.59 Å². The van der Waals surface area contributed by atoms with E-state index in [0.29, 0.717) is 21.9 Å². The summed E-state index contributed by atoms with van der Waals surface area (Å²) >= 11 is 1.42. The van der Waals surface area contributed by atoms with Crippen molar-refractivity contribution < 1.29 is 4.79 Å². The molecule has 2 amide bonds. The second-order valence-electron chi connectivity index (χ2n) is 6.39. The van der Waals surface area contributed by atoms with Gasteiger partial charge in [0, 0.05) is 33.6 Å². The van der Waals surface area contributed by atoms with E-state index in [1.165, 1.54) is 11.3 Å².